The molecule has 108 valence electrons. The zero-order valence-corrected chi connectivity index (χ0v) is 15.9. The number of ether oxygens (including phenoxy) is 1. The average molecular weight is 419 g/mol. The monoisotopic (exact) mass is 417 g/mol. The van der Waals surface area contributed by atoms with Crippen molar-refractivity contribution in [3.05, 3.63) is 48.0 Å². The van der Waals surface area contributed by atoms with Gasteiger partial charge in [-0.1, -0.05) is 6.07 Å². The molecule has 0 fully saturated rings. The van der Waals surface area contributed by atoms with E-state index in [1.807, 2.05) is 7.05 Å². The second-order valence-electron chi connectivity index (χ2n) is 4.67. The predicted molar refractivity (Wildman–Crippen MR) is 93.1 cm³/mol. The fourth-order valence-electron chi connectivity index (χ4n) is 2.30. The Kier molecular flexibility index (Phi) is 5.29. The van der Waals surface area contributed by atoms with Crippen molar-refractivity contribution in [2.24, 2.45) is 0 Å². The van der Waals surface area contributed by atoms with E-state index in [1.165, 1.54) is 16.0 Å². The van der Waals surface area contributed by atoms with Crippen LogP contribution < -0.4 is 10.1 Å². The Morgan fingerprint density at radius 2 is 1.85 bits per heavy atom. The molecule has 20 heavy (non-hydrogen) atoms. The van der Waals surface area contributed by atoms with Crippen LogP contribution in [-0.4, -0.2) is 14.2 Å². The molecule has 5 heteroatoms. The number of rotatable bonds is 4. The van der Waals surface area contributed by atoms with Crippen LogP contribution in [0.2, 0.25) is 0 Å². The average Bonchev–Trinajstić information content (AvgIpc) is 2.74. The third-order valence-corrected chi connectivity index (χ3v) is 6.65. The molecule has 2 aromatic rings. The first kappa shape index (κ1) is 16.0. The van der Waals surface area contributed by atoms with Crippen LogP contribution in [0.25, 0.3) is 0 Å². The molecule has 1 N–H and O–H groups in total. The Balaban J connectivity index is 2.49. The summed E-state index contributed by atoms with van der Waals surface area (Å²) in [7, 11) is 3.70. The van der Waals surface area contributed by atoms with Crippen molar-refractivity contribution in [2.75, 3.05) is 14.2 Å². The summed E-state index contributed by atoms with van der Waals surface area (Å²) in [5, 5.41) is 3.41. The Bertz CT molecular complexity index is 605. The van der Waals surface area contributed by atoms with E-state index in [-0.39, 0.29) is 6.04 Å². The van der Waals surface area contributed by atoms with Crippen LogP contribution in [0.5, 0.6) is 5.75 Å². The summed E-state index contributed by atoms with van der Waals surface area (Å²) < 4.78 is 7.61. The molecule has 2 rings (SSSR count). The summed E-state index contributed by atoms with van der Waals surface area (Å²) in [5.74, 6) is 0.939. The largest absolute Gasteiger partial charge is 0.496 e. The summed E-state index contributed by atoms with van der Waals surface area (Å²) in [6.45, 7) is 4.20. The SMILES string of the molecule is CNC(c1cc(Br)c(Br)s1)c1cc(C)c(OC)cc1C. The number of aryl methyl sites for hydroxylation is 2. The third kappa shape index (κ3) is 3.11. The highest BCUT2D eigenvalue weighted by Crippen LogP contribution is 2.39. The molecule has 2 nitrogen and oxygen atoms in total. The lowest BCUT2D eigenvalue weighted by Crippen LogP contribution is -2.17. The number of hydrogen-bond donors (Lipinski definition) is 1. The van der Waals surface area contributed by atoms with Gasteiger partial charge in [-0.3, -0.25) is 0 Å². The summed E-state index contributed by atoms with van der Waals surface area (Å²) in [5.41, 5.74) is 3.67. The number of hydrogen-bond acceptors (Lipinski definition) is 3. The van der Waals surface area contributed by atoms with Crippen molar-refractivity contribution in [1.29, 1.82) is 0 Å². The second-order valence-corrected chi connectivity index (χ2v) is 7.93. The van der Waals surface area contributed by atoms with Crippen LogP contribution in [0, 0.1) is 13.8 Å². The Morgan fingerprint density at radius 1 is 1.15 bits per heavy atom. The second kappa shape index (κ2) is 6.60. The van der Waals surface area contributed by atoms with Gasteiger partial charge < -0.3 is 10.1 Å². The smallest absolute Gasteiger partial charge is 0.122 e. The summed E-state index contributed by atoms with van der Waals surface area (Å²) >= 11 is 8.87. The molecule has 0 aliphatic rings. The molecule has 0 bridgehead atoms. The van der Waals surface area contributed by atoms with Gasteiger partial charge in [0.25, 0.3) is 0 Å². The number of thiophene rings is 1. The molecule has 1 aromatic heterocycles. The molecule has 0 saturated heterocycles. The van der Waals surface area contributed by atoms with Crippen LogP contribution in [0.1, 0.15) is 27.6 Å². The van der Waals surface area contributed by atoms with Gasteiger partial charge >= 0.3 is 0 Å². The third-order valence-electron chi connectivity index (χ3n) is 3.33. The molecule has 0 radical (unpaired) electrons. The number of nitrogens with one attached hydrogen (secondary N) is 1. The topological polar surface area (TPSA) is 21.3 Å². The predicted octanol–water partition coefficient (Wildman–Crippen LogP) is 5.21. The minimum absolute atomic E-state index is 0.187. The van der Waals surface area contributed by atoms with Gasteiger partial charge in [-0.15, -0.1) is 11.3 Å². The lowest BCUT2D eigenvalue weighted by atomic mass is 9.97. The fourth-order valence-corrected chi connectivity index (χ4v) is 4.52. The van der Waals surface area contributed by atoms with E-state index >= 15 is 0 Å². The number of halogens is 2. The molecule has 0 amide bonds. The highest BCUT2D eigenvalue weighted by Gasteiger charge is 2.19. The lowest BCUT2D eigenvalue weighted by Gasteiger charge is -2.19. The van der Waals surface area contributed by atoms with Crippen molar-refractivity contribution in [2.45, 2.75) is 19.9 Å². The van der Waals surface area contributed by atoms with Crippen LogP contribution in [-0.2, 0) is 0 Å². The Morgan fingerprint density at radius 3 is 2.35 bits per heavy atom. The minimum atomic E-state index is 0.187. The highest BCUT2D eigenvalue weighted by atomic mass is 79.9. The van der Waals surface area contributed by atoms with Gasteiger partial charge in [-0.05, 0) is 81.6 Å². The van der Waals surface area contributed by atoms with Gasteiger partial charge in [-0.2, -0.15) is 0 Å². The lowest BCUT2D eigenvalue weighted by molar-refractivity contribution is 0.411. The van der Waals surface area contributed by atoms with Crippen molar-refractivity contribution in [1.82, 2.24) is 5.32 Å². The molecular formula is C15H17Br2NOS. The van der Waals surface area contributed by atoms with Crippen LogP contribution >= 0.6 is 43.2 Å². The first-order chi connectivity index (χ1) is 9.47. The van der Waals surface area contributed by atoms with Crippen LogP contribution in [0.4, 0.5) is 0 Å². The van der Waals surface area contributed by atoms with E-state index in [2.05, 4.69) is 69.2 Å². The van der Waals surface area contributed by atoms with E-state index in [1.54, 1.807) is 18.4 Å². The van der Waals surface area contributed by atoms with Gasteiger partial charge in [-0.25, -0.2) is 0 Å². The maximum Gasteiger partial charge on any atom is 0.122 e. The first-order valence-corrected chi connectivity index (χ1v) is 8.65. The summed E-state index contributed by atoms with van der Waals surface area (Å²) in [6, 6.07) is 6.66. The van der Waals surface area contributed by atoms with Crippen molar-refractivity contribution in [3.8, 4) is 5.75 Å². The molecular weight excluding hydrogens is 402 g/mol. The van der Waals surface area contributed by atoms with E-state index in [0.29, 0.717) is 0 Å². The molecule has 1 unspecified atom stereocenters. The molecule has 1 atom stereocenters. The van der Waals surface area contributed by atoms with Crippen LogP contribution in [0.15, 0.2) is 26.5 Å². The molecule has 1 heterocycles. The van der Waals surface area contributed by atoms with Gasteiger partial charge in [0.15, 0.2) is 0 Å². The van der Waals surface area contributed by atoms with Gasteiger partial charge in [0, 0.05) is 9.35 Å². The van der Waals surface area contributed by atoms with Gasteiger partial charge in [0.2, 0.25) is 0 Å². The zero-order chi connectivity index (χ0) is 14.9. The van der Waals surface area contributed by atoms with Gasteiger partial charge in [0.05, 0.1) is 16.9 Å². The maximum atomic E-state index is 5.39. The van der Waals surface area contributed by atoms with Crippen molar-refractivity contribution < 1.29 is 4.74 Å². The Hall–Kier alpha value is -0.360. The van der Waals surface area contributed by atoms with Crippen molar-refractivity contribution >= 4 is 43.2 Å². The minimum Gasteiger partial charge on any atom is -0.496 e. The molecule has 1 aromatic carbocycles. The van der Waals surface area contributed by atoms with Crippen LogP contribution in [0.3, 0.4) is 0 Å². The number of benzene rings is 1. The van der Waals surface area contributed by atoms with E-state index in [9.17, 15) is 0 Å². The maximum absolute atomic E-state index is 5.39. The first-order valence-electron chi connectivity index (χ1n) is 6.25. The van der Waals surface area contributed by atoms with E-state index in [4.69, 9.17) is 4.74 Å². The Labute approximate surface area is 140 Å². The molecule has 0 aliphatic heterocycles. The zero-order valence-electron chi connectivity index (χ0n) is 11.9. The van der Waals surface area contributed by atoms with Gasteiger partial charge in [0.1, 0.15) is 5.75 Å². The molecule has 0 spiro atoms. The highest BCUT2D eigenvalue weighted by molar-refractivity contribution is 9.13. The normalized spacial score (nSPS) is 12.5. The summed E-state index contributed by atoms with van der Waals surface area (Å²) in [4.78, 5) is 1.28. The fraction of sp³-hybridized carbons (Fsp3) is 0.333. The number of methoxy groups -OCH3 is 1. The van der Waals surface area contributed by atoms with E-state index < -0.39 is 0 Å². The summed E-state index contributed by atoms with van der Waals surface area (Å²) in [6.07, 6.45) is 0. The van der Waals surface area contributed by atoms with E-state index in [0.717, 1.165) is 19.6 Å². The molecule has 0 aliphatic carbocycles. The molecule has 0 saturated carbocycles. The van der Waals surface area contributed by atoms with Crippen molar-refractivity contribution in [3.63, 3.8) is 0 Å². The quantitative estimate of drug-likeness (QED) is 0.735. The standard InChI is InChI=1S/C15H17Br2NOS/c1-8-6-12(19-4)9(2)5-10(8)14(18-3)13-7-11(16)15(17)20-13/h5-7,14,18H,1-4H3.